The molecule has 0 saturated carbocycles. The Morgan fingerprint density at radius 2 is 1.52 bits per heavy atom. The predicted octanol–water partition coefficient (Wildman–Crippen LogP) is 5.13. The standard InChI is InChI=1S/C16H7ClF8N2O2/c17-11-7(3-5(15(20,21)22)4-8(11)16(23,24)25)6-1-2-9(18)10(12(6)19)13(28)27-14(26)29/h1-4H,(H3,26,27,28,29). The van der Waals surface area contributed by atoms with Crippen LogP contribution in [0.4, 0.5) is 39.9 Å². The van der Waals surface area contributed by atoms with Gasteiger partial charge in [-0.1, -0.05) is 11.6 Å². The molecule has 0 atom stereocenters. The van der Waals surface area contributed by atoms with Crippen molar-refractivity contribution in [3.8, 4) is 11.1 Å². The Hall–Kier alpha value is -2.89. The van der Waals surface area contributed by atoms with Gasteiger partial charge in [0.15, 0.2) is 0 Å². The number of benzene rings is 2. The van der Waals surface area contributed by atoms with Crippen LogP contribution in [0.2, 0.25) is 5.02 Å². The Bertz CT molecular complexity index is 1000. The van der Waals surface area contributed by atoms with Gasteiger partial charge in [0.1, 0.15) is 17.2 Å². The second kappa shape index (κ2) is 7.50. The average Bonchev–Trinajstić information content (AvgIpc) is 2.52. The molecule has 0 fully saturated rings. The normalized spacial score (nSPS) is 12.0. The van der Waals surface area contributed by atoms with Gasteiger partial charge in [-0.05, 0) is 24.3 Å². The second-order valence-electron chi connectivity index (χ2n) is 5.48. The van der Waals surface area contributed by atoms with E-state index in [0.717, 1.165) is 0 Å². The van der Waals surface area contributed by atoms with Crippen LogP contribution in [0, 0.1) is 11.6 Å². The maximum Gasteiger partial charge on any atom is 0.417 e. The molecular formula is C16H7ClF8N2O2. The highest BCUT2D eigenvalue weighted by molar-refractivity contribution is 6.34. The molecule has 156 valence electrons. The number of nitrogens with two attached hydrogens (primary N) is 1. The molecule has 0 aliphatic heterocycles. The molecule has 29 heavy (non-hydrogen) atoms. The number of urea groups is 1. The van der Waals surface area contributed by atoms with Crippen LogP contribution in [-0.4, -0.2) is 11.9 Å². The molecule has 2 aromatic carbocycles. The lowest BCUT2D eigenvalue weighted by atomic mass is 9.96. The van der Waals surface area contributed by atoms with Gasteiger partial charge >= 0.3 is 18.4 Å². The van der Waals surface area contributed by atoms with Crippen LogP contribution >= 0.6 is 11.6 Å². The lowest BCUT2D eigenvalue weighted by Gasteiger charge is -2.18. The molecule has 3 N–H and O–H groups in total. The summed E-state index contributed by atoms with van der Waals surface area (Å²) in [5.41, 5.74) is -2.67. The molecule has 3 amide bonds. The van der Waals surface area contributed by atoms with Gasteiger partial charge in [0.05, 0.1) is 16.1 Å². The van der Waals surface area contributed by atoms with Crippen LogP contribution in [0.1, 0.15) is 21.5 Å². The van der Waals surface area contributed by atoms with Crippen molar-refractivity contribution in [1.29, 1.82) is 0 Å². The van der Waals surface area contributed by atoms with E-state index >= 15 is 0 Å². The molecule has 0 unspecified atom stereocenters. The molecule has 0 bridgehead atoms. The zero-order chi connectivity index (χ0) is 22.3. The van der Waals surface area contributed by atoms with Gasteiger partial charge in [0.25, 0.3) is 5.91 Å². The van der Waals surface area contributed by atoms with Crippen molar-refractivity contribution in [2.45, 2.75) is 12.4 Å². The first-order valence-electron chi connectivity index (χ1n) is 7.21. The van der Waals surface area contributed by atoms with Crippen LogP contribution < -0.4 is 11.1 Å². The Morgan fingerprint density at radius 1 is 0.931 bits per heavy atom. The SMILES string of the molecule is NC(=O)NC(=O)c1c(F)ccc(-c2cc(C(F)(F)F)cc(C(F)(F)F)c2Cl)c1F. The van der Waals surface area contributed by atoms with Crippen molar-refractivity contribution >= 4 is 23.5 Å². The highest BCUT2D eigenvalue weighted by Crippen LogP contribution is 2.44. The number of halogens is 9. The van der Waals surface area contributed by atoms with E-state index in [1.165, 1.54) is 5.32 Å². The zero-order valence-corrected chi connectivity index (χ0v) is 14.4. The molecule has 0 aliphatic carbocycles. The summed E-state index contributed by atoms with van der Waals surface area (Å²) in [6.07, 6.45) is -10.6. The van der Waals surface area contributed by atoms with Crippen LogP contribution in [0.3, 0.4) is 0 Å². The third kappa shape index (κ3) is 4.58. The molecule has 0 spiro atoms. The summed E-state index contributed by atoms with van der Waals surface area (Å²) in [5, 5.41) is 0.0242. The molecule has 13 heteroatoms. The van der Waals surface area contributed by atoms with Crippen molar-refractivity contribution in [3.63, 3.8) is 0 Å². The minimum absolute atomic E-state index is 0.115. The van der Waals surface area contributed by atoms with Gasteiger partial charge in [-0.3, -0.25) is 10.1 Å². The summed E-state index contributed by atoms with van der Waals surface area (Å²) in [4.78, 5) is 22.4. The largest absolute Gasteiger partial charge is 0.417 e. The number of nitrogens with one attached hydrogen (secondary N) is 1. The van der Waals surface area contributed by atoms with Gasteiger partial charge in [-0.2, -0.15) is 26.3 Å². The molecule has 0 saturated heterocycles. The summed E-state index contributed by atoms with van der Waals surface area (Å²) >= 11 is 5.56. The van der Waals surface area contributed by atoms with Crippen molar-refractivity contribution in [1.82, 2.24) is 5.32 Å². The molecule has 0 aliphatic rings. The van der Waals surface area contributed by atoms with Crippen LogP contribution in [0.5, 0.6) is 0 Å². The predicted molar refractivity (Wildman–Crippen MR) is 83.9 cm³/mol. The topological polar surface area (TPSA) is 72.2 Å². The third-order valence-corrected chi connectivity index (χ3v) is 3.96. The Balaban J connectivity index is 2.84. The van der Waals surface area contributed by atoms with Crippen LogP contribution in [0.15, 0.2) is 24.3 Å². The van der Waals surface area contributed by atoms with Gasteiger partial charge in [0, 0.05) is 11.1 Å². The zero-order valence-electron chi connectivity index (χ0n) is 13.6. The van der Waals surface area contributed by atoms with Crippen molar-refractivity contribution < 1.29 is 44.7 Å². The van der Waals surface area contributed by atoms with Crippen LogP contribution in [-0.2, 0) is 12.4 Å². The Morgan fingerprint density at radius 3 is 2.00 bits per heavy atom. The van der Waals surface area contributed by atoms with Crippen LogP contribution in [0.25, 0.3) is 11.1 Å². The van der Waals surface area contributed by atoms with Gasteiger partial charge < -0.3 is 5.73 Å². The fourth-order valence-corrected chi connectivity index (χ4v) is 2.65. The number of carbonyl (C=O) groups excluding carboxylic acids is 2. The monoisotopic (exact) mass is 446 g/mol. The van der Waals surface area contributed by atoms with E-state index in [9.17, 15) is 44.7 Å². The van der Waals surface area contributed by atoms with E-state index in [-0.39, 0.29) is 12.1 Å². The smallest absolute Gasteiger partial charge is 0.351 e. The number of alkyl halides is 6. The molecule has 2 aromatic rings. The fourth-order valence-electron chi connectivity index (χ4n) is 2.33. The summed E-state index contributed by atoms with van der Waals surface area (Å²) in [5.74, 6) is -5.10. The third-order valence-electron chi connectivity index (χ3n) is 3.55. The second-order valence-corrected chi connectivity index (χ2v) is 5.86. The highest BCUT2D eigenvalue weighted by Gasteiger charge is 2.40. The number of carbonyl (C=O) groups is 2. The quantitative estimate of drug-likeness (QED) is 0.628. The summed E-state index contributed by atoms with van der Waals surface area (Å²) in [7, 11) is 0. The number of primary amides is 1. The Labute approximate surface area is 161 Å². The Kier molecular flexibility index (Phi) is 5.79. The maximum atomic E-state index is 14.7. The first kappa shape index (κ1) is 22.4. The minimum Gasteiger partial charge on any atom is -0.351 e. The van der Waals surface area contributed by atoms with Crippen molar-refractivity contribution in [3.05, 3.63) is 57.6 Å². The van der Waals surface area contributed by atoms with E-state index < -0.39 is 68.8 Å². The number of hydrogen-bond acceptors (Lipinski definition) is 2. The fraction of sp³-hybridized carbons (Fsp3) is 0.125. The molecule has 4 nitrogen and oxygen atoms in total. The molecule has 0 heterocycles. The number of rotatable bonds is 2. The number of hydrogen-bond donors (Lipinski definition) is 2. The van der Waals surface area contributed by atoms with Crippen molar-refractivity contribution in [2.75, 3.05) is 0 Å². The van der Waals surface area contributed by atoms with E-state index in [2.05, 4.69) is 5.73 Å². The van der Waals surface area contributed by atoms with Gasteiger partial charge in [-0.15, -0.1) is 0 Å². The van der Waals surface area contributed by atoms with Crippen molar-refractivity contribution in [2.24, 2.45) is 5.73 Å². The highest BCUT2D eigenvalue weighted by atomic mass is 35.5. The molecule has 0 radical (unpaired) electrons. The first-order valence-corrected chi connectivity index (χ1v) is 7.59. The van der Waals surface area contributed by atoms with E-state index in [1.807, 2.05) is 0 Å². The van der Waals surface area contributed by atoms with E-state index in [0.29, 0.717) is 12.1 Å². The average molecular weight is 447 g/mol. The molecular weight excluding hydrogens is 440 g/mol. The summed E-state index contributed by atoms with van der Waals surface area (Å²) < 4.78 is 107. The summed E-state index contributed by atoms with van der Waals surface area (Å²) in [6.45, 7) is 0. The first-order chi connectivity index (χ1) is 13.1. The van der Waals surface area contributed by atoms with Gasteiger partial charge in [0.2, 0.25) is 0 Å². The van der Waals surface area contributed by atoms with Gasteiger partial charge in [-0.25, -0.2) is 13.6 Å². The summed E-state index contributed by atoms with van der Waals surface area (Å²) in [6, 6.07) is -0.765. The number of imide groups is 1. The minimum atomic E-state index is -5.34. The van der Waals surface area contributed by atoms with E-state index in [1.54, 1.807) is 0 Å². The molecule has 2 rings (SSSR count). The lowest BCUT2D eigenvalue weighted by Crippen LogP contribution is -2.36. The lowest BCUT2D eigenvalue weighted by molar-refractivity contribution is -0.142. The molecule has 0 aromatic heterocycles. The van der Waals surface area contributed by atoms with E-state index in [4.69, 9.17) is 11.6 Å². The number of amides is 3. The maximum absolute atomic E-state index is 14.7.